The molecule has 1 saturated heterocycles. The van der Waals surface area contributed by atoms with Crippen molar-refractivity contribution in [3.8, 4) is 0 Å². The van der Waals surface area contributed by atoms with E-state index in [0.717, 1.165) is 11.1 Å². The predicted octanol–water partition coefficient (Wildman–Crippen LogP) is 4.20. The zero-order valence-corrected chi connectivity index (χ0v) is 36.2. The fourth-order valence-electron chi connectivity index (χ4n) is 6.18. The van der Waals surface area contributed by atoms with Gasteiger partial charge in [-0.25, -0.2) is 0 Å². The second kappa shape index (κ2) is 21.2. The third-order valence-electron chi connectivity index (χ3n) is 8.35. The van der Waals surface area contributed by atoms with Gasteiger partial charge in [0.1, 0.15) is 22.4 Å². The number of ether oxygens (including phenoxy) is 4. The van der Waals surface area contributed by atoms with Crippen LogP contribution in [0, 0.1) is 0 Å². The fraction of sp³-hybridized carbons (Fsp3) is 0.738. The number of nitrogens with zero attached hydrogens (tertiary/aromatic N) is 4. The van der Waals surface area contributed by atoms with Crippen molar-refractivity contribution in [1.82, 2.24) is 19.6 Å². The van der Waals surface area contributed by atoms with Crippen molar-refractivity contribution in [2.24, 2.45) is 0 Å². The zero-order chi connectivity index (χ0) is 42.5. The van der Waals surface area contributed by atoms with Gasteiger partial charge in [0.05, 0.1) is 26.2 Å². The Hall–Kier alpha value is -3.59. The first-order valence-electron chi connectivity index (χ1n) is 19.7. The van der Waals surface area contributed by atoms with E-state index in [9.17, 15) is 29.1 Å². The lowest BCUT2D eigenvalue weighted by Gasteiger charge is -2.39. The van der Waals surface area contributed by atoms with Crippen LogP contribution in [0.1, 0.15) is 101 Å². The highest BCUT2D eigenvalue weighted by Gasteiger charge is 2.31. The van der Waals surface area contributed by atoms with Crippen molar-refractivity contribution < 1.29 is 48.0 Å². The minimum atomic E-state index is -0.865. The molecule has 1 heterocycles. The topological polar surface area (TPSA) is 155 Å². The van der Waals surface area contributed by atoms with E-state index < -0.39 is 40.3 Å². The Labute approximate surface area is 335 Å². The molecular formula is C42H70N4O10. The third-order valence-corrected chi connectivity index (χ3v) is 8.35. The quantitative estimate of drug-likeness (QED) is 0.224. The number of rotatable bonds is 13. The molecule has 0 aliphatic carbocycles. The van der Waals surface area contributed by atoms with Gasteiger partial charge < -0.3 is 24.1 Å². The largest absolute Gasteiger partial charge is 0.481 e. The number of benzene rings is 1. The minimum absolute atomic E-state index is 0.00503. The molecule has 1 fully saturated rings. The number of esters is 4. The summed E-state index contributed by atoms with van der Waals surface area (Å²) >= 11 is 0. The van der Waals surface area contributed by atoms with E-state index >= 15 is 0 Å². The molecule has 0 radical (unpaired) electrons. The SMILES string of the molecule is CC(C)(C)OC(=O)CN1CCN(CC(=O)OC(C)(C)C)CCN(CC(=O)OC(C)(C)C)C(Cc2ccc(CCC(=O)O)cc2)CN(CC(=O)OC(C)(C)C)CC1. The van der Waals surface area contributed by atoms with E-state index in [1.54, 1.807) is 0 Å². The summed E-state index contributed by atoms with van der Waals surface area (Å²) in [5.41, 5.74) is -0.905. The number of carbonyl (C=O) groups excluding carboxylic acids is 4. The zero-order valence-electron chi connectivity index (χ0n) is 36.2. The Balaban J connectivity index is 2.62. The van der Waals surface area contributed by atoms with E-state index in [2.05, 4.69) is 4.90 Å². The lowest BCUT2D eigenvalue weighted by atomic mass is 10.0. The predicted molar refractivity (Wildman–Crippen MR) is 214 cm³/mol. The molecule has 0 saturated carbocycles. The van der Waals surface area contributed by atoms with Crippen LogP contribution in [0.15, 0.2) is 24.3 Å². The van der Waals surface area contributed by atoms with Gasteiger partial charge in [0.15, 0.2) is 0 Å². The summed E-state index contributed by atoms with van der Waals surface area (Å²) in [6.07, 6.45) is 0.914. The van der Waals surface area contributed by atoms with Crippen molar-refractivity contribution >= 4 is 29.8 Å². The summed E-state index contributed by atoms with van der Waals surface area (Å²) in [6.45, 7) is 24.5. The van der Waals surface area contributed by atoms with Gasteiger partial charge in [-0.2, -0.15) is 0 Å². The number of hydrogen-bond acceptors (Lipinski definition) is 13. The highest BCUT2D eigenvalue weighted by molar-refractivity contribution is 5.73. The van der Waals surface area contributed by atoms with Gasteiger partial charge in [0.2, 0.25) is 0 Å². The summed E-state index contributed by atoms with van der Waals surface area (Å²) in [4.78, 5) is 72.4. The van der Waals surface area contributed by atoms with Crippen molar-refractivity contribution in [3.05, 3.63) is 35.4 Å². The Kier molecular flexibility index (Phi) is 18.4. The molecule has 1 aromatic carbocycles. The Morgan fingerprint density at radius 2 is 0.875 bits per heavy atom. The molecule has 1 aliphatic heterocycles. The van der Waals surface area contributed by atoms with E-state index in [-0.39, 0.29) is 50.6 Å². The third kappa shape index (κ3) is 22.2. The first-order chi connectivity index (χ1) is 25.6. The second-order valence-electron chi connectivity index (χ2n) is 18.7. The molecule has 1 atom stereocenters. The van der Waals surface area contributed by atoms with Crippen LogP contribution in [0.5, 0.6) is 0 Å². The minimum Gasteiger partial charge on any atom is -0.481 e. The first-order valence-corrected chi connectivity index (χ1v) is 19.7. The summed E-state index contributed by atoms with van der Waals surface area (Å²) < 4.78 is 22.9. The van der Waals surface area contributed by atoms with Crippen LogP contribution in [-0.2, 0) is 55.8 Å². The molecule has 2 rings (SSSR count). The molecular weight excluding hydrogens is 720 g/mol. The first kappa shape index (κ1) is 48.6. The standard InChI is InChI=1S/C42H70N4O10/c1-39(2,3)53-35(49)27-43-19-20-44(28-36(50)54-40(4,5)6)23-24-46(30-38(52)56-42(10,11)12)33(25-32-15-13-31(14-16-32)17-18-34(47)48)26-45(22-21-43)29-37(51)55-41(7,8)9/h13-16,33H,17-30H2,1-12H3,(H,47,48). The van der Waals surface area contributed by atoms with Crippen LogP contribution < -0.4 is 0 Å². The second-order valence-corrected chi connectivity index (χ2v) is 18.7. The Morgan fingerprint density at radius 3 is 1.27 bits per heavy atom. The summed E-state index contributed by atoms with van der Waals surface area (Å²) in [6, 6.07) is 7.45. The summed E-state index contributed by atoms with van der Waals surface area (Å²) in [5.74, 6) is -2.43. The molecule has 14 heteroatoms. The van der Waals surface area contributed by atoms with Crippen molar-refractivity contribution in [2.45, 2.75) is 131 Å². The summed E-state index contributed by atoms with van der Waals surface area (Å²) in [7, 11) is 0. The lowest BCUT2D eigenvalue weighted by Crippen LogP contribution is -2.54. The van der Waals surface area contributed by atoms with Crippen molar-refractivity contribution in [2.75, 3.05) is 72.0 Å². The highest BCUT2D eigenvalue weighted by atomic mass is 16.6. The average Bonchev–Trinajstić information content (AvgIpc) is 2.98. The lowest BCUT2D eigenvalue weighted by molar-refractivity contribution is -0.160. The maximum atomic E-state index is 13.5. The molecule has 318 valence electrons. The molecule has 1 unspecified atom stereocenters. The highest BCUT2D eigenvalue weighted by Crippen LogP contribution is 2.18. The molecule has 0 spiro atoms. The number of aryl methyl sites for hydroxylation is 1. The Bertz CT molecular complexity index is 1440. The number of carbonyl (C=O) groups is 5. The van der Waals surface area contributed by atoms with Gasteiger partial charge in [-0.3, -0.25) is 43.6 Å². The average molecular weight is 791 g/mol. The van der Waals surface area contributed by atoms with E-state index in [1.165, 1.54) is 0 Å². The van der Waals surface area contributed by atoms with Crippen molar-refractivity contribution in [3.63, 3.8) is 0 Å². The Morgan fingerprint density at radius 1 is 0.536 bits per heavy atom. The van der Waals surface area contributed by atoms with E-state index in [0.29, 0.717) is 58.7 Å². The van der Waals surface area contributed by atoms with Crippen LogP contribution in [0.2, 0.25) is 0 Å². The normalized spacial score (nSPS) is 18.0. The van der Waals surface area contributed by atoms with Gasteiger partial charge >= 0.3 is 29.8 Å². The fourth-order valence-corrected chi connectivity index (χ4v) is 6.18. The van der Waals surface area contributed by atoms with Crippen LogP contribution >= 0.6 is 0 Å². The molecule has 1 N–H and O–H groups in total. The molecule has 1 aliphatic rings. The molecule has 14 nitrogen and oxygen atoms in total. The van der Waals surface area contributed by atoms with Gasteiger partial charge in [-0.15, -0.1) is 0 Å². The number of hydrogen-bond donors (Lipinski definition) is 1. The van der Waals surface area contributed by atoms with Crippen molar-refractivity contribution in [1.29, 1.82) is 0 Å². The number of aliphatic carboxylic acids is 1. The van der Waals surface area contributed by atoms with E-state index in [4.69, 9.17) is 18.9 Å². The molecule has 0 amide bonds. The molecule has 56 heavy (non-hydrogen) atoms. The van der Waals surface area contributed by atoms with Crippen LogP contribution in [-0.4, -0.2) is 155 Å². The van der Waals surface area contributed by atoms with Crippen LogP contribution in [0.25, 0.3) is 0 Å². The molecule has 1 aromatic rings. The summed E-state index contributed by atoms with van der Waals surface area (Å²) in [5, 5.41) is 9.18. The van der Waals surface area contributed by atoms with Gasteiger partial charge in [0.25, 0.3) is 0 Å². The van der Waals surface area contributed by atoms with Crippen LogP contribution in [0.4, 0.5) is 0 Å². The maximum absolute atomic E-state index is 13.5. The molecule has 0 aromatic heterocycles. The smallest absolute Gasteiger partial charge is 0.320 e. The monoisotopic (exact) mass is 791 g/mol. The van der Waals surface area contributed by atoms with Gasteiger partial charge in [-0.05, 0) is 107 Å². The molecule has 0 bridgehead atoms. The van der Waals surface area contributed by atoms with Crippen LogP contribution in [0.3, 0.4) is 0 Å². The maximum Gasteiger partial charge on any atom is 0.320 e. The van der Waals surface area contributed by atoms with Gasteiger partial charge in [-0.1, -0.05) is 24.3 Å². The number of carboxylic acids is 1. The van der Waals surface area contributed by atoms with E-state index in [1.807, 2.05) is 122 Å². The number of carboxylic acid groups (broad SMARTS) is 1. The van der Waals surface area contributed by atoms with Gasteiger partial charge in [0, 0.05) is 58.3 Å².